The number of nitrogens with one attached hydrogen (secondary N) is 1. The molecule has 108 valence electrons. The van der Waals surface area contributed by atoms with Gasteiger partial charge in [0.25, 0.3) is 0 Å². The van der Waals surface area contributed by atoms with Crippen molar-refractivity contribution in [2.45, 2.75) is 17.6 Å². The second-order valence-electron chi connectivity index (χ2n) is 5.04. The highest BCUT2D eigenvalue weighted by molar-refractivity contribution is 7.82. The minimum Gasteiger partial charge on any atom is -0.478 e. The van der Waals surface area contributed by atoms with Crippen molar-refractivity contribution in [3.05, 3.63) is 35.4 Å². The zero-order valence-electron chi connectivity index (χ0n) is 11.0. The molecule has 5 nitrogen and oxygen atoms in total. The maximum Gasteiger partial charge on any atom is 0.335 e. The van der Waals surface area contributed by atoms with E-state index >= 15 is 0 Å². The molecule has 4 N–H and O–H groups in total. The van der Waals surface area contributed by atoms with Gasteiger partial charge in [-0.2, -0.15) is 12.6 Å². The monoisotopic (exact) mass is 294 g/mol. The lowest BCUT2D eigenvalue weighted by Crippen LogP contribution is -2.46. The number of benzene rings is 1. The van der Waals surface area contributed by atoms with E-state index in [-0.39, 0.29) is 11.5 Å². The molecular formula is C14H18N2O3S. The third-order valence-electron chi connectivity index (χ3n) is 3.88. The van der Waals surface area contributed by atoms with Crippen molar-refractivity contribution in [1.82, 2.24) is 5.32 Å². The fourth-order valence-electron chi connectivity index (χ4n) is 2.69. The Morgan fingerprint density at radius 2 is 1.80 bits per heavy atom. The number of hydrogen-bond acceptors (Lipinski definition) is 4. The Labute approximate surface area is 123 Å². The first kappa shape index (κ1) is 14.9. The van der Waals surface area contributed by atoms with Crippen LogP contribution in [0.2, 0.25) is 0 Å². The second-order valence-corrected chi connectivity index (χ2v) is 5.74. The van der Waals surface area contributed by atoms with Gasteiger partial charge in [0.05, 0.1) is 5.56 Å². The van der Waals surface area contributed by atoms with Gasteiger partial charge in [-0.1, -0.05) is 12.1 Å². The molecule has 1 atom stereocenters. The molecule has 1 unspecified atom stereocenters. The summed E-state index contributed by atoms with van der Waals surface area (Å²) in [5, 5.41) is 12.2. The van der Waals surface area contributed by atoms with Crippen LogP contribution in [-0.4, -0.2) is 30.1 Å². The summed E-state index contributed by atoms with van der Waals surface area (Å²) in [5.74, 6) is -1.45. The number of carboxylic acid groups (broad SMARTS) is 1. The molecule has 0 radical (unpaired) electrons. The minimum atomic E-state index is -1.06. The second kappa shape index (κ2) is 5.85. The van der Waals surface area contributed by atoms with Crippen LogP contribution in [0.1, 0.15) is 28.8 Å². The first-order chi connectivity index (χ1) is 9.46. The number of hydrogen-bond donors (Lipinski definition) is 4. The summed E-state index contributed by atoms with van der Waals surface area (Å²) in [6.45, 7) is 1.65. The first-order valence-electron chi connectivity index (χ1n) is 6.53. The third kappa shape index (κ3) is 2.66. The molecule has 6 heteroatoms. The molecule has 0 aliphatic carbocycles. The molecule has 0 saturated carbocycles. The molecule has 2 rings (SSSR count). The molecular weight excluding hydrogens is 276 g/mol. The first-order valence-corrected chi connectivity index (χ1v) is 6.97. The van der Waals surface area contributed by atoms with Crippen molar-refractivity contribution in [2.75, 3.05) is 13.1 Å². The van der Waals surface area contributed by atoms with Gasteiger partial charge in [-0.05, 0) is 49.5 Å². The van der Waals surface area contributed by atoms with E-state index in [2.05, 4.69) is 17.9 Å². The van der Waals surface area contributed by atoms with E-state index in [1.165, 1.54) is 12.1 Å². The number of carbonyl (C=O) groups is 2. The van der Waals surface area contributed by atoms with E-state index in [0.29, 0.717) is 5.56 Å². The number of piperidine rings is 1. The molecule has 1 heterocycles. The van der Waals surface area contributed by atoms with Crippen LogP contribution < -0.4 is 11.1 Å². The van der Waals surface area contributed by atoms with Gasteiger partial charge in [0.1, 0.15) is 4.75 Å². The summed E-state index contributed by atoms with van der Waals surface area (Å²) in [4.78, 5) is 22.8. The largest absolute Gasteiger partial charge is 0.478 e. The van der Waals surface area contributed by atoms with Crippen LogP contribution in [0.5, 0.6) is 0 Å². The van der Waals surface area contributed by atoms with Gasteiger partial charge in [0.2, 0.25) is 5.91 Å². The molecule has 20 heavy (non-hydrogen) atoms. The molecule has 1 aromatic carbocycles. The average molecular weight is 294 g/mol. The Balaban J connectivity index is 2.36. The Morgan fingerprint density at radius 3 is 2.25 bits per heavy atom. The zero-order valence-corrected chi connectivity index (χ0v) is 11.9. The lowest BCUT2D eigenvalue weighted by atomic mass is 9.79. The van der Waals surface area contributed by atoms with Crippen molar-refractivity contribution in [2.24, 2.45) is 11.7 Å². The lowest BCUT2D eigenvalue weighted by Gasteiger charge is -2.37. The van der Waals surface area contributed by atoms with Crippen LogP contribution in [0.25, 0.3) is 0 Å². The van der Waals surface area contributed by atoms with E-state index < -0.39 is 16.6 Å². The van der Waals surface area contributed by atoms with Gasteiger partial charge in [-0.25, -0.2) is 4.79 Å². The van der Waals surface area contributed by atoms with Crippen LogP contribution in [0.15, 0.2) is 24.3 Å². The van der Waals surface area contributed by atoms with Crippen molar-refractivity contribution < 1.29 is 14.7 Å². The van der Waals surface area contributed by atoms with Crippen LogP contribution in [0, 0.1) is 5.92 Å². The number of nitrogens with two attached hydrogens (primary N) is 1. The predicted molar refractivity (Wildman–Crippen MR) is 78.9 cm³/mol. The summed E-state index contributed by atoms with van der Waals surface area (Å²) >= 11 is 4.58. The molecule has 0 spiro atoms. The molecule has 0 bridgehead atoms. The molecule has 1 aromatic rings. The van der Waals surface area contributed by atoms with E-state index in [1.807, 2.05) is 0 Å². The van der Waals surface area contributed by atoms with Crippen LogP contribution in [0.3, 0.4) is 0 Å². The standard InChI is InChI=1S/C14H18N2O3S/c15-13(19)14(20,11-5-7-16-8-6-11)10-3-1-9(2-4-10)12(17)18/h1-4,11,16,20H,5-8H2,(H2,15,19)(H,17,18). The number of primary amides is 1. The summed E-state index contributed by atoms with van der Waals surface area (Å²) in [6, 6.07) is 6.21. The van der Waals surface area contributed by atoms with Gasteiger partial charge in [-0.3, -0.25) is 4.79 Å². The highest BCUT2D eigenvalue weighted by Crippen LogP contribution is 2.40. The number of aromatic carboxylic acids is 1. The van der Waals surface area contributed by atoms with E-state index in [1.54, 1.807) is 12.1 Å². The number of carbonyl (C=O) groups excluding carboxylic acids is 1. The molecule has 1 aliphatic heterocycles. The fourth-order valence-corrected chi connectivity index (χ4v) is 3.09. The Kier molecular flexibility index (Phi) is 4.35. The van der Waals surface area contributed by atoms with Crippen molar-refractivity contribution in [3.8, 4) is 0 Å². The summed E-state index contributed by atoms with van der Waals surface area (Å²) < 4.78 is -1.06. The normalized spacial score (nSPS) is 19.2. The van der Waals surface area contributed by atoms with E-state index in [0.717, 1.165) is 25.9 Å². The van der Waals surface area contributed by atoms with Crippen LogP contribution in [-0.2, 0) is 9.54 Å². The Morgan fingerprint density at radius 1 is 1.25 bits per heavy atom. The van der Waals surface area contributed by atoms with E-state index in [4.69, 9.17) is 10.8 Å². The third-order valence-corrected chi connectivity index (χ3v) is 4.72. The fraction of sp³-hybridized carbons (Fsp3) is 0.429. The minimum absolute atomic E-state index is 0.0419. The van der Waals surface area contributed by atoms with Crippen molar-refractivity contribution in [3.63, 3.8) is 0 Å². The number of rotatable bonds is 4. The van der Waals surface area contributed by atoms with Gasteiger partial charge in [-0.15, -0.1) is 0 Å². The van der Waals surface area contributed by atoms with Gasteiger partial charge >= 0.3 is 5.97 Å². The Hall–Kier alpha value is -1.53. The molecule has 1 amide bonds. The number of carboxylic acids is 1. The van der Waals surface area contributed by atoms with Crippen molar-refractivity contribution in [1.29, 1.82) is 0 Å². The Bertz CT molecular complexity index is 512. The molecule has 0 aromatic heterocycles. The highest BCUT2D eigenvalue weighted by Gasteiger charge is 2.42. The average Bonchev–Trinajstić information content (AvgIpc) is 2.47. The summed E-state index contributed by atoms with van der Waals surface area (Å²) in [5.41, 5.74) is 6.42. The number of amides is 1. The van der Waals surface area contributed by atoms with E-state index in [9.17, 15) is 9.59 Å². The molecule has 1 fully saturated rings. The van der Waals surface area contributed by atoms with Crippen LogP contribution in [0.4, 0.5) is 0 Å². The topological polar surface area (TPSA) is 92.4 Å². The highest BCUT2D eigenvalue weighted by atomic mass is 32.1. The van der Waals surface area contributed by atoms with Crippen LogP contribution >= 0.6 is 12.6 Å². The van der Waals surface area contributed by atoms with Gasteiger partial charge < -0.3 is 16.2 Å². The summed E-state index contributed by atoms with van der Waals surface area (Å²) in [7, 11) is 0. The number of thiol groups is 1. The lowest BCUT2D eigenvalue weighted by molar-refractivity contribution is -0.122. The zero-order chi connectivity index (χ0) is 14.8. The van der Waals surface area contributed by atoms with Gasteiger partial charge in [0, 0.05) is 0 Å². The predicted octanol–water partition coefficient (Wildman–Crippen LogP) is 0.995. The molecule has 1 saturated heterocycles. The van der Waals surface area contributed by atoms with Crippen molar-refractivity contribution >= 4 is 24.5 Å². The molecule has 1 aliphatic rings. The quantitative estimate of drug-likeness (QED) is 0.623. The maximum atomic E-state index is 11.9. The smallest absolute Gasteiger partial charge is 0.335 e. The summed E-state index contributed by atoms with van der Waals surface area (Å²) in [6.07, 6.45) is 1.63. The van der Waals surface area contributed by atoms with Gasteiger partial charge in [0.15, 0.2) is 0 Å². The maximum absolute atomic E-state index is 11.9. The SMILES string of the molecule is NC(=O)C(S)(c1ccc(C(=O)O)cc1)C1CCNCC1.